The maximum atomic E-state index is 5.70. The van der Waals surface area contributed by atoms with Crippen molar-refractivity contribution in [3.63, 3.8) is 0 Å². The maximum absolute atomic E-state index is 5.70. The minimum Gasteiger partial charge on any atom is -0.494 e. The van der Waals surface area contributed by atoms with Gasteiger partial charge in [-0.3, -0.25) is 0 Å². The summed E-state index contributed by atoms with van der Waals surface area (Å²) in [6.45, 7) is 0.707. The number of hydrogen-bond acceptors (Lipinski definition) is 6. The van der Waals surface area contributed by atoms with Crippen molar-refractivity contribution in [2.24, 2.45) is 0 Å². The third-order valence-electron chi connectivity index (χ3n) is 2.76. The van der Waals surface area contributed by atoms with E-state index in [0.29, 0.717) is 17.3 Å². The molecule has 0 bridgehead atoms. The van der Waals surface area contributed by atoms with Crippen molar-refractivity contribution in [3.05, 3.63) is 35.0 Å². The number of nitrogens with one attached hydrogen (secondary N) is 1. The Kier molecular flexibility index (Phi) is 6.13. The number of hydrogen-bond donors (Lipinski definition) is 1. The molecule has 1 heterocycles. The summed E-state index contributed by atoms with van der Waals surface area (Å²) in [5.41, 5.74) is 1.17. The van der Waals surface area contributed by atoms with Crippen molar-refractivity contribution in [1.29, 1.82) is 0 Å². The van der Waals surface area contributed by atoms with Crippen LogP contribution in [0.2, 0.25) is 0 Å². The van der Waals surface area contributed by atoms with E-state index in [1.807, 2.05) is 26.2 Å². The van der Waals surface area contributed by atoms with Gasteiger partial charge in [-0.15, -0.1) is 5.10 Å². The van der Waals surface area contributed by atoms with Crippen molar-refractivity contribution in [2.75, 3.05) is 31.4 Å². The highest BCUT2D eigenvalue weighted by molar-refractivity contribution is 7.98. The lowest BCUT2D eigenvalue weighted by molar-refractivity contribution is 0.318. The summed E-state index contributed by atoms with van der Waals surface area (Å²) >= 11 is 6.57. The van der Waals surface area contributed by atoms with Crippen LogP contribution in [-0.4, -0.2) is 36.7 Å². The van der Waals surface area contributed by atoms with Crippen molar-refractivity contribution >= 4 is 29.7 Å². The zero-order chi connectivity index (χ0) is 15.1. The summed E-state index contributed by atoms with van der Waals surface area (Å²) < 4.78 is 10.9. The molecule has 0 unspecified atom stereocenters. The number of aromatic amines is 1. The first-order chi connectivity index (χ1) is 10.1. The molecule has 7 heteroatoms. The van der Waals surface area contributed by atoms with Crippen LogP contribution in [0, 0.1) is 4.84 Å². The molecule has 5 nitrogen and oxygen atoms in total. The summed E-state index contributed by atoms with van der Waals surface area (Å²) in [7, 11) is 4.04. The molecule has 1 aromatic carbocycles. The highest BCUT2D eigenvalue weighted by Gasteiger charge is 2.00. The van der Waals surface area contributed by atoms with Crippen LogP contribution in [0.25, 0.3) is 0 Å². The van der Waals surface area contributed by atoms with E-state index in [4.69, 9.17) is 21.4 Å². The Labute approximate surface area is 133 Å². The minimum absolute atomic E-state index is 0.329. The smallest absolute Gasteiger partial charge is 0.284 e. The summed E-state index contributed by atoms with van der Waals surface area (Å²) in [5.74, 6) is 3.27. The molecule has 1 N–H and O–H groups in total. The number of thioether (sulfide) groups is 1. The van der Waals surface area contributed by atoms with Crippen molar-refractivity contribution in [3.8, 4) is 5.75 Å². The van der Waals surface area contributed by atoms with Gasteiger partial charge in [-0.2, -0.15) is 11.8 Å². The van der Waals surface area contributed by atoms with Crippen LogP contribution in [0.3, 0.4) is 0 Å². The normalized spacial score (nSPS) is 10.6. The van der Waals surface area contributed by atoms with Crippen molar-refractivity contribution in [2.45, 2.75) is 12.2 Å². The minimum atomic E-state index is 0.329. The molecule has 0 aliphatic rings. The van der Waals surface area contributed by atoms with Gasteiger partial charge < -0.3 is 14.1 Å². The van der Waals surface area contributed by atoms with Gasteiger partial charge in [-0.25, -0.2) is 5.10 Å². The molecular weight excluding hydrogens is 306 g/mol. The van der Waals surface area contributed by atoms with Gasteiger partial charge in [-0.05, 0) is 48.7 Å². The Balaban J connectivity index is 1.60. The van der Waals surface area contributed by atoms with E-state index in [2.05, 4.69) is 27.2 Å². The molecule has 1 aromatic heterocycles. The molecule has 0 spiro atoms. The number of rotatable bonds is 8. The van der Waals surface area contributed by atoms with Crippen LogP contribution in [-0.2, 0) is 5.75 Å². The summed E-state index contributed by atoms with van der Waals surface area (Å²) in [6.07, 6.45) is 0.977. The number of aromatic nitrogens is 2. The van der Waals surface area contributed by atoms with Gasteiger partial charge in [0.1, 0.15) is 5.75 Å². The Bertz CT molecular complexity index is 593. The zero-order valence-electron chi connectivity index (χ0n) is 12.2. The van der Waals surface area contributed by atoms with E-state index < -0.39 is 0 Å². The molecule has 0 atom stereocenters. The van der Waals surface area contributed by atoms with Gasteiger partial charge in [0.25, 0.3) is 4.84 Å². The molecule has 0 aliphatic carbocycles. The van der Waals surface area contributed by atoms with Crippen LogP contribution in [0.5, 0.6) is 5.75 Å². The third kappa shape index (κ3) is 5.43. The van der Waals surface area contributed by atoms with E-state index in [1.165, 1.54) is 5.69 Å². The lowest BCUT2D eigenvalue weighted by Gasteiger charge is -2.13. The molecule has 0 fully saturated rings. The van der Waals surface area contributed by atoms with Crippen LogP contribution in [0.1, 0.15) is 12.3 Å². The molecule has 2 aromatic rings. The van der Waals surface area contributed by atoms with Gasteiger partial charge in [0.2, 0.25) is 5.89 Å². The van der Waals surface area contributed by atoms with Crippen LogP contribution in [0.4, 0.5) is 5.69 Å². The first-order valence-corrected chi connectivity index (χ1v) is 8.24. The lowest BCUT2D eigenvalue weighted by atomic mass is 10.3. The number of benzene rings is 1. The number of anilines is 1. The lowest BCUT2D eigenvalue weighted by Crippen LogP contribution is -2.08. The van der Waals surface area contributed by atoms with E-state index in [0.717, 1.165) is 23.7 Å². The van der Waals surface area contributed by atoms with E-state index in [1.54, 1.807) is 11.8 Å². The van der Waals surface area contributed by atoms with E-state index in [-0.39, 0.29) is 0 Å². The van der Waals surface area contributed by atoms with Crippen molar-refractivity contribution in [1.82, 2.24) is 10.2 Å². The fourth-order valence-electron chi connectivity index (χ4n) is 1.67. The predicted octanol–water partition coefficient (Wildman–Crippen LogP) is 3.50. The average Bonchev–Trinajstić information content (AvgIpc) is 2.89. The fourth-order valence-corrected chi connectivity index (χ4v) is 2.58. The summed E-state index contributed by atoms with van der Waals surface area (Å²) in [5, 5.41) is 6.56. The molecule has 0 amide bonds. The molecule has 114 valence electrons. The Morgan fingerprint density at radius 3 is 2.71 bits per heavy atom. The van der Waals surface area contributed by atoms with Gasteiger partial charge in [-0.1, -0.05) is 0 Å². The average molecular weight is 325 g/mol. The fraction of sp³-hybridized carbons (Fsp3) is 0.429. The van der Waals surface area contributed by atoms with Crippen LogP contribution >= 0.6 is 24.0 Å². The number of H-pyrrole nitrogens is 1. The second-order valence-electron chi connectivity index (χ2n) is 4.65. The second kappa shape index (κ2) is 8.09. The molecule has 0 radical (unpaired) electrons. The summed E-state index contributed by atoms with van der Waals surface area (Å²) in [6, 6.07) is 8.09. The van der Waals surface area contributed by atoms with Crippen LogP contribution in [0.15, 0.2) is 28.7 Å². The summed E-state index contributed by atoms with van der Waals surface area (Å²) in [4.78, 5) is 2.39. The molecule has 0 saturated carbocycles. The highest BCUT2D eigenvalue weighted by atomic mass is 32.2. The Hall–Kier alpha value is -1.47. The predicted molar refractivity (Wildman–Crippen MR) is 88.7 cm³/mol. The first kappa shape index (κ1) is 15.9. The molecule has 0 saturated heterocycles. The molecular formula is C14H19N3O2S2. The zero-order valence-corrected chi connectivity index (χ0v) is 13.8. The quantitative estimate of drug-likeness (QED) is 0.592. The highest BCUT2D eigenvalue weighted by Crippen LogP contribution is 2.18. The maximum Gasteiger partial charge on any atom is 0.284 e. The molecule has 2 rings (SSSR count). The molecule has 21 heavy (non-hydrogen) atoms. The Morgan fingerprint density at radius 2 is 2.10 bits per heavy atom. The molecule has 0 aliphatic heterocycles. The van der Waals surface area contributed by atoms with E-state index >= 15 is 0 Å². The van der Waals surface area contributed by atoms with Crippen LogP contribution < -0.4 is 9.64 Å². The Morgan fingerprint density at radius 1 is 1.33 bits per heavy atom. The van der Waals surface area contributed by atoms with E-state index in [9.17, 15) is 0 Å². The standard InChI is InChI=1S/C14H19N3O2S2/c1-17(2)11-4-6-12(7-5-11)18-8-3-9-21-10-13-15-16-14(20)19-13/h4-7H,3,8-10H2,1-2H3,(H,16,20). The SMILES string of the molecule is CN(C)c1ccc(OCCCSCc2n[nH]c(=S)o2)cc1. The van der Waals surface area contributed by atoms with Crippen molar-refractivity contribution < 1.29 is 9.15 Å². The first-order valence-electron chi connectivity index (χ1n) is 6.67. The van der Waals surface area contributed by atoms with Gasteiger partial charge >= 0.3 is 0 Å². The monoisotopic (exact) mass is 325 g/mol. The number of nitrogens with zero attached hydrogens (tertiary/aromatic N) is 2. The third-order valence-corrected chi connectivity index (χ3v) is 3.97. The topological polar surface area (TPSA) is 54.3 Å². The largest absolute Gasteiger partial charge is 0.494 e. The van der Waals surface area contributed by atoms with Gasteiger partial charge in [0.15, 0.2) is 0 Å². The van der Waals surface area contributed by atoms with Gasteiger partial charge in [0, 0.05) is 19.8 Å². The number of ether oxygens (including phenoxy) is 1. The van der Waals surface area contributed by atoms with Gasteiger partial charge in [0.05, 0.1) is 12.4 Å². The second-order valence-corrected chi connectivity index (χ2v) is 6.13.